The van der Waals surface area contributed by atoms with E-state index in [1.165, 1.54) is 25.5 Å². The molecule has 1 aromatic carbocycles. The molecule has 3 N–H and O–H groups in total. The molecule has 0 saturated heterocycles. The fourth-order valence-electron chi connectivity index (χ4n) is 2.62. The summed E-state index contributed by atoms with van der Waals surface area (Å²) in [5.74, 6) is 0.604. The second kappa shape index (κ2) is 9.56. The van der Waals surface area contributed by atoms with E-state index in [1.807, 2.05) is 0 Å². The molecular weight excluding hydrogens is 415 g/mol. The molecule has 0 radical (unpaired) electrons. The van der Waals surface area contributed by atoms with Crippen molar-refractivity contribution in [1.82, 2.24) is 15.6 Å². The summed E-state index contributed by atoms with van der Waals surface area (Å²) in [5.41, 5.74) is 1.38. The maximum atomic E-state index is 12.2. The van der Waals surface area contributed by atoms with Crippen molar-refractivity contribution in [3.05, 3.63) is 70.2 Å². The van der Waals surface area contributed by atoms with Crippen molar-refractivity contribution in [2.45, 2.75) is 6.54 Å². The zero-order valence-electron chi connectivity index (χ0n) is 15.5. The highest BCUT2D eigenvalue weighted by Gasteiger charge is 2.13. The molecule has 0 atom stereocenters. The molecule has 0 unspecified atom stereocenters. The van der Waals surface area contributed by atoms with Crippen LogP contribution in [-0.4, -0.2) is 30.4 Å². The summed E-state index contributed by atoms with van der Waals surface area (Å²) in [5, 5.41) is 9.27. The van der Waals surface area contributed by atoms with Gasteiger partial charge in [-0.3, -0.25) is 14.6 Å². The number of pyridine rings is 1. The Bertz CT molecular complexity index is 1040. The lowest BCUT2D eigenvalue weighted by Crippen LogP contribution is -2.29. The van der Waals surface area contributed by atoms with Gasteiger partial charge in [0.15, 0.2) is 0 Å². The van der Waals surface area contributed by atoms with Crippen LogP contribution in [0.4, 0.5) is 5.69 Å². The van der Waals surface area contributed by atoms with Gasteiger partial charge in [-0.05, 0) is 36.4 Å². The van der Waals surface area contributed by atoms with Gasteiger partial charge in [0.1, 0.15) is 11.5 Å². The van der Waals surface area contributed by atoms with E-state index in [1.54, 1.807) is 30.3 Å². The van der Waals surface area contributed by atoms with Gasteiger partial charge in [0.25, 0.3) is 5.91 Å². The normalized spacial score (nSPS) is 10.6. The van der Waals surface area contributed by atoms with Crippen molar-refractivity contribution >= 4 is 40.7 Å². The van der Waals surface area contributed by atoms with Gasteiger partial charge in [-0.25, -0.2) is 0 Å². The zero-order chi connectivity index (χ0) is 20.8. The van der Waals surface area contributed by atoms with Crippen LogP contribution in [0.2, 0.25) is 10.0 Å². The van der Waals surface area contributed by atoms with Gasteiger partial charge in [0, 0.05) is 23.8 Å². The molecule has 0 aliphatic heterocycles. The average Bonchev–Trinajstić information content (AvgIpc) is 3.18. The number of aromatic nitrogens is 1. The van der Waals surface area contributed by atoms with E-state index in [2.05, 4.69) is 20.9 Å². The third-order valence-corrected chi connectivity index (χ3v) is 4.57. The second-order valence-electron chi connectivity index (χ2n) is 6.04. The summed E-state index contributed by atoms with van der Waals surface area (Å²) in [6.45, 7) is 0.358. The van der Waals surface area contributed by atoms with Crippen LogP contribution in [-0.2, 0) is 11.3 Å². The molecule has 0 fully saturated rings. The van der Waals surface area contributed by atoms with Crippen LogP contribution in [0.25, 0.3) is 11.3 Å². The van der Waals surface area contributed by atoms with Gasteiger partial charge in [0.2, 0.25) is 5.91 Å². The molecule has 0 aliphatic rings. The molecule has 2 aromatic heterocycles. The lowest BCUT2D eigenvalue weighted by molar-refractivity contribution is -0.115. The van der Waals surface area contributed by atoms with E-state index in [0.717, 1.165) is 0 Å². The standard InChI is InChI=1S/C20H18Cl2N4O3/c1-23-20(28)14-6-7-24-10-17(14)26-19(27)11-25-9-13-3-5-18(29-13)15-8-12(21)2-4-16(15)22/h2-8,10,25H,9,11H2,1H3,(H,23,28)(H,26,27). The van der Waals surface area contributed by atoms with Gasteiger partial charge in [-0.1, -0.05) is 23.2 Å². The Balaban J connectivity index is 1.56. The van der Waals surface area contributed by atoms with Crippen LogP contribution < -0.4 is 16.0 Å². The van der Waals surface area contributed by atoms with Crippen LogP contribution in [0.1, 0.15) is 16.1 Å². The Morgan fingerprint density at radius 1 is 1.14 bits per heavy atom. The first-order chi connectivity index (χ1) is 14.0. The Hall–Kier alpha value is -2.87. The topological polar surface area (TPSA) is 96.3 Å². The van der Waals surface area contributed by atoms with Crippen LogP contribution in [0, 0.1) is 0 Å². The molecule has 9 heteroatoms. The molecule has 3 rings (SSSR count). The number of hydrogen-bond acceptors (Lipinski definition) is 5. The minimum atomic E-state index is -0.312. The molecule has 29 heavy (non-hydrogen) atoms. The Morgan fingerprint density at radius 3 is 2.76 bits per heavy atom. The van der Waals surface area contributed by atoms with E-state index >= 15 is 0 Å². The second-order valence-corrected chi connectivity index (χ2v) is 6.89. The van der Waals surface area contributed by atoms with Crippen molar-refractivity contribution in [1.29, 1.82) is 0 Å². The van der Waals surface area contributed by atoms with Crippen LogP contribution in [0.3, 0.4) is 0 Å². The number of carbonyl (C=O) groups is 2. The number of furan rings is 1. The van der Waals surface area contributed by atoms with E-state index in [9.17, 15) is 9.59 Å². The largest absolute Gasteiger partial charge is 0.460 e. The highest BCUT2D eigenvalue weighted by Crippen LogP contribution is 2.31. The van der Waals surface area contributed by atoms with Gasteiger partial charge >= 0.3 is 0 Å². The third kappa shape index (κ3) is 5.35. The molecule has 0 saturated carbocycles. The van der Waals surface area contributed by atoms with Crippen molar-refractivity contribution in [3.8, 4) is 11.3 Å². The first-order valence-corrected chi connectivity index (χ1v) is 9.44. The first kappa shape index (κ1) is 20.9. The van der Waals surface area contributed by atoms with Crippen molar-refractivity contribution < 1.29 is 14.0 Å². The minimum Gasteiger partial charge on any atom is -0.460 e. The summed E-state index contributed by atoms with van der Waals surface area (Å²) < 4.78 is 5.77. The lowest BCUT2D eigenvalue weighted by atomic mass is 10.2. The summed E-state index contributed by atoms with van der Waals surface area (Å²) in [6, 6.07) is 10.3. The van der Waals surface area contributed by atoms with Crippen LogP contribution in [0.15, 0.2) is 53.2 Å². The molecule has 150 valence electrons. The summed E-state index contributed by atoms with van der Waals surface area (Å²) >= 11 is 12.2. The number of halogens is 2. The predicted molar refractivity (Wildman–Crippen MR) is 112 cm³/mol. The number of rotatable bonds is 7. The molecule has 0 spiro atoms. The molecule has 2 heterocycles. The predicted octanol–water partition coefficient (Wildman–Crippen LogP) is 3.74. The number of hydrogen-bond donors (Lipinski definition) is 3. The summed E-state index contributed by atoms with van der Waals surface area (Å²) in [7, 11) is 1.52. The van der Waals surface area contributed by atoms with Gasteiger partial charge in [-0.2, -0.15) is 0 Å². The smallest absolute Gasteiger partial charge is 0.253 e. The number of nitrogens with one attached hydrogen (secondary N) is 3. The lowest BCUT2D eigenvalue weighted by Gasteiger charge is -2.09. The van der Waals surface area contributed by atoms with Crippen LogP contribution >= 0.6 is 23.2 Å². The molecule has 2 amide bonds. The molecular formula is C20H18Cl2N4O3. The minimum absolute atomic E-state index is 0.0238. The SMILES string of the molecule is CNC(=O)c1ccncc1NC(=O)CNCc1ccc(-c2cc(Cl)ccc2Cl)o1. The van der Waals surface area contributed by atoms with E-state index in [4.69, 9.17) is 27.6 Å². The van der Waals surface area contributed by atoms with Gasteiger partial charge < -0.3 is 20.4 Å². The first-order valence-electron chi connectivity index (χ1n) is 8.68. The fourth-order valence-corrected chi connectivity index (χ4v) is 3.01. The summed E-state index contributed by atoms with van der Waals surface area (Å²) in [4.78, 5) is 28.0. The molecule has 0 bridgehead atoms. The van der Waals surface area contributed by atoms with Crippen molar-refractivity contribution in [2.24, 2.45) is 0 Å². The Kier molecular flexibility index (Phi) is 6.87. The average molecular weight is 433 g/mol. The number of nitrogens with zero attached hydrogens (tertiary/aromatic N) is 1. The Morgan fingerprint density at radius 2 is 1.97 bits per heavy atom. The number of carbonyl (C=O) groups excluding carboxylic acids is 2. The third-order valence-electron chi connectivity index (χ3n) is 4.01. The number of amides is 2. The van der Waals surface area contributed by atoms with E-state index in [-0.39, 0.29) is 18.4 Å². The highest BCUT2D eigenvalue weighted by atomic mass is 35.5. The monoisotopic (exact) mass is 432 g/mol. The Labute approximate surface area is 177 Å². The van der Waals surface area contributed by atoms with Gasteiger partial charge in [0.05, 0.1) is 35.6 Å². The highest BCUT2D eigenvalue weighted by molar-refractivity contribution is 6.35. The van der Waals surface area contributed by atoms with Crippen molar-refractivity contribution in [3.63, 3.8) is 0 Å². The van der Waals surface area contributed by atoms with Gasteiger partial charge in [-0.15, -0.1) is 0 Å². The maximum absolute atomic E-state index is 12.2. The number of anilines is 1. The quantitative estimate of drug-likeness (QED) is 0.528. The van der Waals surface area contributed by atoms with E-state index < -0.39 is 0 Å². The summed E-state index contributed by atoms with van der Waals surface area (Å²) in [6.07, 6.45) is 2.91. The van der Waals surface area contributed by atoms with E-state index in [0.29, 0.717) is 44.9 Å². The molecule has 0 aliphatic carbocycles. The number of benzene rings is 1. The zero-order valence-corrected chi connectivity index (χ0v) is 17.0. The molecule has 3 aromatic rings. The van der Waals surface area contributed by atoms with Crippen molar-refractivity contribution in [2.75, 3.05) is 18.9 Å². The van der Waals surface area contributed by atoms with Crippen LogP contribution in [0.5, 0.6) is 0 Å². The fraction of sp³-hybridized carbons (Fsp3) is 0.150. The maximum Gasteiger partial charge on any atom is 0.253 e. The molecule has 7 nitrogen and oxygen atoms in total.